The zero-order valence-corrected chi connectivity index (χ0v) is 27.2. The summed E-state index contributed by atoms with van der Waals surface area (Å²) in [6.07, 6.45) is 0. The molecule has 0 N–H and O–H groups in total. The molecule has 2 atom stereocenters. The van der Waals surface area contributed by atoms with E-state index in [2.05, 4.69) is 9.05 Å². The van der Waals surface area contributed by atoms with Gasteiger partial charge in [-0.25, -0.2) is 0 Å². The second-order valence-corrected chi connectivity index (χ2v) is 13.1. The van der Waals surface area contributed by atoms with Gasteiger partial charge in [0.25, 0.3) is 0 Å². The third-order valence-corrected chi connectivity index (χ3v) is 9.19. The van der Waals surface area contributed by atoms with Crippen molar-refractivity contribution in [3.63, 3.8) is 0 Å². The van der Waals surface area contributed by atoms with Gasteiger partial charge in [-0.05, 0) is 24.3 Å². The molecular formula is C14H14Ca3O12P4. The molecule has 12 nitrogen and oxygen atoms in total. The molecule has 0 aromatic heterocycles. The first-order valence-corrected chi connectivity index (χ1v) is 14.6. The summed E-state index contributed by atoms with van der Waals surface area (Å²) in [7, 11) is -19.6. The van der Waals surface area contributed by atoms with E-state index in [1.165, 1.54) is 48.5 Å². The second kappa shape index (κ2) is 17.9. The van der Waals surface area contributed by atoms with E-state index in [9.17, 15) is 47.6 Å². The Bertz CT molecular complexity index is 918. The molecule has 0 saturated carbocycles. The first-order chi connectivity index (χ1) is 13.6. The van der Waals surface area contributed by atoms with E-state index in [1.54, 1.807) is 12.1 Å². The zero-order valence-electron chi connectivity index (χ0n) is 17.0. The summed E-state index contributed by atoms with van der Waals surface area (Å²) in [4.78, 5) is 63.1. The zero-order chi connectivity index (χ0) is 23.1. The average Bonchev–Trinajstić information content (AvgIpc) is 2.51. The maximum Gasteiger partial charge on any atom is 2.00 e. The Hall–Kier alpha value is 2.50. The predicted molar refractivity (Wildman–Crippen MR) is 112 cm³/mol. The van der Waals surface area contributed by atoms with Crippen molar-refractivity contribution in [3.05, 3.63) is 60.7 Å². The van der Waals surface area contributed by atoms with Gasteiger partial charge in [0.15, 0.2) is 15.2 Å². The largest absolute Gasteiger partial charge is 2.00 e. The number of hydrogen-bond acceptors (Lipinski definition) is 12. The van der Waals surface area contributed by atoms with Crippen LogP contribution in [0.5, 0.6) is 11.5 Å². The van der Waals surface area contributed by atoms with Gasteiger partial charge in [-0.1, -0.05) is 51.6 Å². The van der Waals surface area contributed by atoms with E-state index in [0.717, 1.165) is 0 Å². The number of benzene rings is 2. The normalized spacial score (nSPS) is 14.2. The summed E-state index contributed by atoms with van der Waals surface area (Å²) < 4.78 is 51.4. The van der Waals surface area contributed by atoms with Gasteiger partial charge in [0.05, 0.1) is 11.8 Å². The average molecular weight is 618 g/mol. The van der Waals surface area contributed by atoms with Gasteiger partial charge in [0.1, 0.15) is 11.5 Å². The van der Waals surface area contributed by atoms with Gasteiger partial charge in [-0.15, -0.1) is 0 Å². The van der Waals surface area contributed by atoms with Gasteiger partial charge in [-0.3, -0.25) is 9.13 Å². The van der Waals surface area contributed by atoms with Crippen molar-refractivity contribution in [3.8, 4) is 11.5 Å². The molecule has 0 saturated heterocycles. The van der Waals surface area contributed by atoms with Gasteiger partial charge in [0, 0.05) is 0 Å². The Morgan fingerprint density at radius 2 is 0.758 bits per heavy atom. The monoisotopic (exact) mass is 618 g/mol. The van der Waals surface area contributed by atoms with Crippen molar-refractivity contribution in [2.45, 2.75) is 0 Å². The van der Waals surface area contributed by atoms with Crippen molar-refractivity contribution in [2.75, 3.05) is 11.8 Å². The fraction of sp³-hybridized carbons (Fsp3) is 0.143. The minimum atomic E-state index is -5.12. The molecule has 0 aliphatic heterocycles. The summed E-state index contributed by atoms with van der Waals surface area (Å²) in [6.45, 7) is 0. The van der Waals surface area contributed by atoms with Crippen molar-refractivity contribution in [1.82, 2.24) is 0 Å². The fourth-order valence-corrected chi connectivity index (χ4v) is 6.51. The summed E-state index contributed by atoms with van der Waals surface area (Å²) in [6, 6.07) is 14.7. The van der Waals surface area contributed by atoms with Crippen LogP contribution in [0.1, 0.15) is 0 Å². The molecule has 2 aromatic rings. The minimum absolute atomic E-state index is 0. The Morgan fingerprint density at radius 3 is 0.970 bits per heavy atom. The van der Waals surface area contributed by atoms with Crippen molar-refractivity contribution >= 4 is 144 Å². The smallest absolute Gasteiger partial charge is 0.810 e. The van der Waals surface area contributed by atoms with E-state index < -0.39 is 42.2 Å². The molecule has 0 aliphatic rings. The molecule has 0 heterocycles. The molecule has 168 valence electrons. The van der Waals surface area contributed by atoms with Crippen LogP contribution in [-0.4, -0.2) is 125 Å². The van der Waals surface area contributed by atoms with Crippen molar-refractivity contribution in [1.29, 1.82) is 0 Å². The van der Waals surface area contributed by atoms with Gasteiger partial charge < -0.3 is 47.5 Å². The summed E-state index contributed by atoms with van der Waals surface area (Å²) >= 11 is 0. The molecular weight excluding hydrogens is 604 g/mol. The number of para-hydroxylation sites is 2. The van der Waals surface area contributed by atoms with Crippen LogP contribution in [0.4, 0.5) is 0 Å². The van der Waals surface area contributed by atoms with E-state index in [-0.39, 0.29) is 125 Å². The third kappa shape index (κ3) is 22.2. The van der Waals surface area contributed by atoms with Crippen LogP contribution in [0, 0.1) is 0 Å². The molecule has 0 amide bonds. The molecule has 0 bridgehead atoms. The van der Waals surface area contributed by atoms with Gasteiger partial charge in [0.2, 0.25) is 0 Å². The van der Waals surface area contributed by atoms with Crippen LogP contribution in [0.25, 0.3) is 0 Å². The van der Waals surface area contributed by atoms with Crippen LogP contribution in [-0.2, 0) is 18.3 Å². The Morgan fingerprint density at radius 1 is 0.515 bits per heavy atom. The molecule has 0 fully saturated rings. The summed E-state index contributed by atoms with van der Waals surface area (Å²) in [5, 5.41) is 0. The Labute approximate surface area is 279 Å². The van der Waals surface area contributed by atoms with Crippen LogP contribution >= 0.6 is 30.4 Å². The molecule has 0 radical (unpaired) electrons. The van der Waals surface area contributed by atoms with Gasteiger partial charge in [-0.2, -0.15) is 0 Å². The molecule has 2 rings (SSSR count). The van der Waals surface area contributed by atoms with Crippen LogP contribution < -0.4 is 38.4 Å². The summed E-state index contributed by atoms with van der Waals surface area (Å²) in [5.74, 6) is -3.09. The molecule has 2 unspecified atom stereocenters. The standard InChI is InChI=1S/2C7H10O6P2.3Ca/c2*8-14(9,10)6-15(11,12)13-7-4-2-1-3-5-7;;;/h2*1-5H,6H2,(H,11,12)(H2,8,9,10);;;/q;;3*+2/p-6. The molecule has 19 heteroatoms. The maximum absolute atomic E-state index is 11.0. The van der Waals surface area contributed by atoms with Crippen molar-refractivity contribution < 1.29 is 56.7 Å². The maximum atomic E-state index is 11.0. The SMILES string of the molecule is O=P([O-])([O-])CP(=O)([O-])Oc1ccccc1.O=P([O-])([O-])CP(=O)([O-])Oc1ccccc1.[Ca+2].[Ca+2].[Ca+2]. The van der Waals surface area contributed by atoms with E-state index in [4.69, 9.17) is 0 Å². The molecule has 33 heavy (non-hydrogen) atoms. The second-order valence-electron chi connectivity index (χ2n) is 5.54. The minimum Gasteiger partial charge on any atom is -0.810 e. The molecule has 0 aliphatic carbocycles. The first-order valence-electron chi connectivity index (χ1n) is 7.69. The van der Waals surface area contributed by atoms with Crippen LogP contribution in [0.2, 0.25) is 0 Å². The Kier molecular flexibility index (Phi) is 21.7. The van der Waals surface area contributed by atoms with Crippen LogP contribution in [0.15, 0.2) is 60.7 Å². The quantitative estimate of drug-likeness (QED) is 0.228. The van der Waals surface area contributed by atoms with Crippen molar-refractivity contribution in [2.24, 2.45) is 0 Å². The van der Waals surface area contributed by atoms with E-state index >= 15 is 0 Å². The van der Waals surface area contributed by atoms with Gasteiger partial charge >= 0.3 is 113 Å². The Balaban J connectivity index is -0.000000500. The number of rotatable bonds is 8. The number of hydrogen-bond donors (Lipinski definition) is 0. The fourth-order valence-electron chi connectivity index (χ4n) is 1.77. The topological polar surface area (TPSA) is 225 Å². The van der Waals surface area contributed by atoms with E-state index in [0.29, 0.717) is 0 Å². The third-order valence-electron chi connectivity index (χ3n) is 2.67. The van der Waals surface area contributed by atoms with E-state index in [1.807, 2.05) is 0 Å². The molecule has 2 aromatic carbocycles. The molecule has 0 spiro atoms. The van der Waals surface area contributed by atoms with Crippen LogP contribution in [0.3, 0.4) is 0 Å². The summed E-state index contributed by atoms with van der Waals surface area (Å²) in [5.41, 5.74) is 0. The predicted octanol–water partition coefficient (Wildman–Crippen LogP) is -2.16. The first kappa shape index (κ1) is 40.0.